The molecule has 0 amide bonds. The fraction of sp³-hybridized carbons (Fsp3) is 0.500. The van der Waals surface area contributed by atoms with E-state index >= 15 is 0 Å². The largest absolute Gasteiger partial charge is 0.497 e. The van der Waals surface area contributed by atoms with Crippen LogP contribution in [0.15, 0.2) is 33.9 Å². The Labute approximate surface area is 174 Å². The quantitative estimate of drug-likeness (QED) is 0.564. The standard InChI is InChI=1S/C22H29N5O3/c1-4-5-12-27-20-19(21(28)25-22(27)29)26(2)17(24-20)13-23-18(14-6-7-14)15-8-10-16(30-3)11-9-15/h8-11,14,18,23H,4-7,12-13H2,1-3H3,(H,25,28,29). The van der Waals surface area contributed by atoms with Gasteiger partial charge in [-0.25, -0.2) is 9.78 Å². The van der Waals surface area contributed by atoms with Gasteiger partial charge in [-0.05, 0) is 42.9 Å². The molecule has 1 aliphatic rings. The van der Waals surface area contributed by atoms with Crippen molar-refractivity contribution in [2.75, 3.05) is 7.11 Å². The van der Waals surface area contributed by atoms with Crippen molar-refractivity contribution in [3.63, 3.8) is 0 Å². The lowest BCUT2D eigenvalue weighted by Crippen LogP contribution is -2.31. The van der Waals surface area contributed by atoms with Crippen LogP contribution in [0.1, 0.15) is 50.0 Å². The number of aromatic nitrogens is 4. The fourth-order valence-corrected chi connectivity index (χ4v) is 3.97. The molecule has 1 saturated carbocycles. The normalized spacial score (nSPS) is 14.9. The van der Waals surface area contributed by atoms with E-state index in [1.165, 1.54) is 18.4 Å². The first-order valence-electron chi connectivity index (χ1n) is 10.6. The van der Waals surface area contributed by atoms with Crippen molar-refractivity contribution in [2.45, 2.75) is 51.7 Å². The molecule has 30 heavy (non-hydrogen) atoms. The minimum atomic E-state index is -0.396. The highest BCUT2D eigenvalue weighted by Gasteiger charge is 2.32. The Balaban J connectivity index is 1.62. The summed E-state index contributed by atoms with van der Waals surface area (Å²) in [5.74, 6) is 2.18. The van der Waals surface area contributed by atoms with Gasteiger partial charge in [-0.3, -0.25) is 14.3 Å². The van der Waals surface area contributed by atoms with Crippen molar-refractivity contribution in [2.24, 2.45) is 13.0 Å². The second-order valence-electron chi connectivity index (χ2n) is 7.99. The number of methoxy groups -OCH3 is 1. The third-order valence-corrected chi connectivity index (χ3v) is 5.89. The molecule has 2 N–H and O–H groups in total. The molecule has 0 spiro atoms. The van der Waals surface area contributed by atoms with Crippen LogP contribution in [0.5, 0.6) is 5.75 Å². The molecule has 2 aromatic heterocycles. The highest BCUT2D eigenvalue weighted by atomic mass is 16.5. The van der Waals surface area contributed by atoms with E-state index in [4.69, 9.17) is 4.74 Å². The number of aromatic amines is 1. The van der Waals surface area contributed by atoms with E-state index < -0.39 is 11.2 Å². The van der Waals surface area contributed by atoms with Gasteiger partial charge in [0.15, 0.2) is 11.2 Å². The molecule has 0 bridgehead atoms. The number of aryl methyl sites for hydroxylation is 2. The first-order valence-corrected chi connectivity index (χ1v) is 10.6. The van der Waals surface area contributed by atoms with Gasteiger partial charge in [0.2, 0.25) is 0 Å². The van der Waals surface area contributed by atoms with E-state index in [2.05, 4.69) is 34.3 Å². The maximum atomic E-state index is 12.4. The van der Waals surface area contributed by atoms with Crippen LogP contribution in [0.4, 0.5) is 0 Å². The lowest BCUT2D eigenvalue weighted by Gasteiger charge is -2.19. The summed E-state index contributed by atoms with van der Waals surface area (Å²) in [4.78, 5) is 31.9. The molecule has 1 fully saturated rings. The Morgan fingerprint density at radius 1 is 1.27 bits per heavy atom. The predicted molar refractivity (Wildman–Crippen MR) is 116 cm³/mol. The van der Waals surface area contributed by atoms with Crippen LogP contribution in [0.2, 0.25) is 0 Å². The van der Waals surface area contributed by atoms with E-state index in [1.807, 2.05) is 19.2 Å². The summed E-state index contributed by atoms with van der Waals surface area (Å²) in [6, 6.07) is 8.37. The van der Waals surface area contributed by atoms with Crippen LogP contribution >= 0.6 is 0 Å². The number of H-pyrrole nitrogens is 1. The van der Waals surface area contributed by atoms with Gasteiger partial charge >= 0.3 is 5.69 Å². The summed E-state index contributed by atoms with van der Waals surface area (Å²) >= 11 is 0. The summed E-state index contributed by atoms with van der Waals surface area (Å²) in [7, 11) is 3.49. The van der Waals surface area contributed by atoms with Crippen molar-refractivity contribution in [3.8, 4) is 5.75 Å². The smallest absolute Gasteiger partial charge is 0.330 e. The number of nitrogens with zero attached hydrogens (tertiary/aromatic N) is 3. The van der Waals surface area contributed by atoms with Gasteiger partial charge in [-0.2, -0.15) is 0 Å². The van der Waals surface area contributed by atoms with Crippen LogP contribution in [0, 0.1) is 5.92 Å². The number of imidazole rings is 1. The van der Waals surface area contributed by atoms with E-state index in [1.54, 1.807) is 16.2 Å². The van der Waals surface area contributed by atoms with Crippen LogP contribution in [-0.2, 0) is 20.1 Å². The van der Waals surface area contributed by atoms with Crippen LogP contribution < -0.4 is 21.3 Å². The SMILES string of the molecule is CCCCn1c(=O)[nH]c(=O)c2c1nc(CNC(c1ccc(OC)cc1)C1CC1)n2C. The van der Waals surface area contributed by atoms with Crippen molar-refractivity contribution in [3.05, 3.63) is 56.5 Å². The molecule has 0 saturated heterocycles. The summed E-state index contributed by atoms with van der Waals surface area (Å²) in [6.45, 7) is 3.13. The molecule has 0 radical (unpaired) electrons. The van der Waals surface area contributed by atoms with Crippen molar-refractivity contribution >= 4 is 11.2 Å². The fourth-order valence-electron chi connectivity index (χ4n) is 3.97. The van der Waals surface area contributed by atoms with E-state index in [0.29, 0.717) is 30.2 Å². The number of rotatable bonds is 9. The molecule has 160 valence electrons. The van der Waals surface area contributed by atoms with Crippen LogP contribution in [0.25, 0.3) is 11.2 Å². The predicted octanol–water partition coefficient (Wildman–Crippen LogP) is 2.47. The van der Waals surface area contributed by atoms with Gasteiger partial charge in [0.25, 0.3) is 5.56 Å². The van der Waals surface area contributed by atoms with E-state index in [9.17, 15) is 9.59 Å². The maximum Gasteiger partial charge on any atom is 0.330 e. The average Bonchev–Trinajstić information content (AvgIpc) is 3.52. The third kappa shape index (κ3) is 3.92. The number of hydrogen-bond donors (Lipinski definition) is 2. The van der Waals surface area contributed by atoms with Crippen molar-refractivity contribution in [1.29, 1.82) is 0 Å². The first-order chi connectivity index (χ1) is 14.5. The van der Waals surface area contributed by atoms with Gasteiger partial charge in [-0.15, -0.1) is 0 Å². The lowest BCUT2D eigenvalue weighted by molar-refractivity contribution is 0.413. The van der Waals surface area contributed by atoms with Gasteiger partial charge in [-0.1, -0.05) is 25.5 Å². The van der Waals surface area contributed by atoms with Crippen molar-refractivity contribution < 1.29 is 4.74 Å². The molecule has 8 nitrogen and oxygen atoms in total. The molecular formula is C22H29N5O3. The summed E-state index contributed by atoms with van der Waals surface area (Å²) in [5.41, 5.74) is 1.33. The van der Waals surface area contributed by atoms with Crippen LogP contribution in [-0.4, -0.2) is 26.2 Å². The van der Waals surface area contributed by atoms with Gasteiger partial charge < -0.3 is 14.6 Å². The monoisotopic (exact) mass is 411 g/mol. The number of fused-ring (bicyclic) bond motifs is 1. The topological polar surface area (TPSA) is 93.9 Å². The van der Waals surface area contributed by atoms with Gasteiger partial charge in [0, 0.05) is 19.6 Å². The highest BCUT2D eigenvalue weighted by Crippen LogP contribution is 2.41. The molecule has 0 aliphatic heterocycles. The molecule has 1 atom stereocenters. The molecule has 1 aromatic carbocycles. The van der Waals surface area contributed by atoms with Gasteiger partial charge in [0.05, 0.1) is 13.7 Å². The zero-order valence-electron chi connectivity index (χ0n) is 17.8. The molecular weight excluding hydrogens is 382 g/mol. The Morgan fingerprint density at radius 2 is 2.00 bits per heavy atom. The zero-order valence-corrected chi connectivity index (χ0v) is 17.8. The first kappa shape index (κ1) is 20.4. The number of benzene rings is 1. The van der Waals surface area contributed by atoms with Gasteiger partial charge in [0.1, 0.15) is 11.6 Å². The summed E-state index contributed by atoms with van der Waals surface area (Å²) in [5, 5.41) is 3.63. The zero-order chi connectivity index (χ0) is 21.3. The Kier molecular flexibility index (Phi) is 5.76. The molecule has 1 aliphatic carbocycles. The van der Waals surface area contributed by atoms with E-state index in [-0.39, 0.29) is 6.04 Å². The lowest BCUT2D eigenvalue weighted by atomic mass is 10.0. The number of ether oxygens (including phenoxy) is 1. The molecule has 4 rings (SSSR count). The molecule has 8 heteroatoms. The second-order valence-corrected chi connectivity index (χ2v) is 7.99. The summed E-state index contributed by atoms with van der Waals surface area (Å²) in [6.07, 6.45) is 4.20. The number of unbranched alkanes of at least 4 members (excludes halogenated alkanes) is 1. The molecule has 2 heterocycles. The third-order valence-electron chi connectivity index (χ3n) is 5.89. The second kappa shape index (κ2) is 8.47. The van der Waals surface area contributed by atoms with Crippen LogP contribution in [0.3, 0.4) is 0 Å². The highest BCUT2D eigenvalue weighted by molar-refractivity contribution is 5.70. The Bertz CT molecular complexity index is 1140. The summed E-state index contributed by atoms with van der Waals surface area (Å²) < 4.78 is 8.64. The average molecular weight is 412 g/mol. The minimum absolute atomic E-state index is 0.219. The minimum Gasteiger partial charge on any atom is -0.497 e. The molecule has 1 unspecified atom stereocenters. The molecule has 3 aromatic rings. The van der Waals surface area contributed by atoms with Crippen molar-refractivity contribution in [1.82, 2.24) is 24.4 Å². The Morgan fingerprint density at radius 3 is 2.63 bits per heavy atom. The number of nitrogens with one attached hydrogen (secondary N) is 2. The maximum absolute atomic E-state index is 12.4. The number of hydrogen-bond acceptors (Lipinski definition) is 5. The Hall–Kier alpha value is -2.87. The van der Waals surface area contributed by atoms with E-state index in [0.717, 1.165) is 24.4 Å².